The van der Waals surface area contributed by atoms with Gasteiger partial charge in [0, 0.05) is 25.2 Å². The largest absolute Gasteiger partial charge is 0.310 e. The zero-order valence-electron chi connectivity index (χ0n) is 17.1. The van der Waals surface area contributed by atoms with E-state index in [1.54, 1.807) is 32.9 Å². The van der Waals surface area contributed by atoms with E-state index < -0.39 is 10.0 Å². The number of anilines is 1. The Hall–Kier alpha value is -2.71. The summed E-state index contributed by atoms with van der Waals surface area (Å²) in [5.41, 5.74) is 2.73. The highest BCUT2D eigenvalue weighted by molar-refractivity contribution is 7.89. The zero-order chi connectivity index (χ0) is 21.2. The first-order valence-corrected chi connectivity index (χ1v) is 11.1. The lowest BCUT2D eigenvalue weighted by Crippen LogP contribution is -2.31. The van der Waals surface area contributed by atoms with E-state index in [2.05, 4.69) is 10.3 Å². The van der Waals surface area contributed by atoms with E-state index in [0.29, 0.717) is 36.7 Å². The Morgan fingerprint density at radius 2 is 1.79 bits per heavy atom. The van der Waals surface area contributed by atoms with Gasteiger partial charge in [-0.25, -0.2) is 13.4 Å². The van der Waals surface area contributed by atoms with Gasteiger partial charge >= 0.3 is 0 Å². The third-order valence-corrected chi connectivity index (χ3v) is 7.04. The minimum Gasteiger partial charge on any atom is -0.310 e. The van der Waals surface area contributed by atoms with Crippen molar-refractivity contribution in [3.8, 4) is 0 Å². The molecule has 3 rings (SSSR count). The lowest BCUT2D eigenvalue weighted by molar-refractivity contribution is 0.102. The molecule has 0 spiro atoms. The standard InChI is InChI=1S/C21H26N4O3S/c1-5-24(6-2)29(27,28)16-13-12-15(4)17(14-16)20(26)23-21-22-18-10-8-9-11-19(18)25(21)7-3/h8-14H,5-7H2,1-4H3,(H,22,23,26). The molecule has 154 valence electrons. The normalized spacial score (nSPS) is 11.9. The molecule has 1 heterocycles. The van der Waals surface area contributed by atoms with E-state index in [-0.39, 0.29) is 10.8 Å². The fraction of sp³-hybridized carbons (Fsp3) is 0.333. The highest BCUT2D eigenvalue weighted by Gasteiger charge is 2.24. The Morgan fingerprint density at radius 1 is 1.10 bits per heavy atom. The second kappa shape index (κ2) is 8.34. The van der Waals surface area contributed by atoms with Gasteiger partial charge in [-0.15, -0.1) is 0 Å². The van der Waals surface area contributed by atoms with Gasteiger partial charge in [0.25, 0.3) is 5.91 Å². The van der Waals surface area contributed by atoms with Gasteiger partial charge in [0.05, 0.1) is 15.9 Å². The highest BCUT2D eigenvalue weighted by Crippen LogP contribution is 2.23. The van der Waals surface area contributed by atoms with E-state index in [1.165, 1.54) is 10.4 Å². The minimum atomic E-state index is -3.65. The van der Waals surface area contributed by atoms with Gasteiger partial charge in [0.1, 0.15) is 0 Å². The van der Waals surface area contributed by atoms with Crippen molar-refractivity contribution in [3.05, 3.63) is 53.6 Å². The molecular weight excluding hydrogens is 388 g/mol. The number of aryl methyl sites for hydroxylation is 2. The lowest BCUT2D eigenvalue weighted by atomic mass is 10.1. The smallest absolute Gasteiger partial charge is 0.258 e. The molecule has 8 heteroatoms. The van der Waals surface area contributed by atoms with Crippen LogP contribution in [0.15, 0.2) is 47.4 Å². The monoisotopic (exact) mass is 414 g/mol. The second-order valence-electron chi connectivity index (χ2n) is 6.69. The van der Waals surface area contributed by atoms with Crippen LogP contribution >= 0.6 is 0 Å². The molecule has 0 saturated heterocycles. The maximum absolute atomic E-state index is 13.0. The number of sulfonamides is 1. The SMILES string of the molecule is CCN(CC)S(=O)(=O)c1ccc(C)c(C(=O)Nc2nc3ccccc3n2CC)c1. The first kappa shape index (κ1) is 21.0. The number of carbonyl (C=O) groups excluding carboxylic acids is 1. The molecule has 0 bridgehead atoms. The Balaban J connectivity index is 1.98. The number of amides is 1. The third kappa shape index (κ3) is 3.90. The average molecular weight is 415 g/mol. The molecule has 0 aliphatic rings. The molecule has 0 unspecified atom stereocenters. The van der Waals surface area contributed by atoms with E-state index in [4.69, 9.17) is 0 Å². The maximum atomic E-state index is 13.0. The van der Waals surface area contributed by atoms with Crippen molar-refractivity contribution in [2.75, 3.05) is 18.4 Å². The number of nitrogens with one attached hydrogen (secondary N) is 1. The number of nitrogens with zero attached hydrogens (tertiary/aromatic N) is 3. The number of benzene rings is 2. The van der Waals surface area contributed by atoms with Gasteiger partial charge in [0.15, 0.2) is 0 Å². The van der Waals surface area contributed by atoms with Crippen LogP contribution in [-0.2, 0) is 16.6 Å². The van der Waals surface area contributed by atoms with Crippen LogP contribution in [0.5, 0.6) is 0 Å². The van der Waals surface area contributed by atoms with Crippen LogP contribution in [0.25, 0.3) is 11.0 Å². The van der Waals surface area contributed by atoms with Crippen LogP contribution in [0.1, 0.15) is 36.7 Å². The Kier molecular flexibility index (Phi) is 6.04. The van der Waals surface area contributed by atoms with Gasteiger partial charge < -0.3 is 4.57 Å². The predicted molar refractivity (Wildman–Crippen MR) is 115 cm³/mol. The molecule has 0 radical (unpaired) electrons. The summed E-state index contributed by atoms with van der Waals surface area (Å²) in [7, 11) is -3.65. The van der Waals surface area contributed by atoms with Gasteiger partial charge in [-0.1, -0.05) is 32.0 Å². The van der Waals surface area contributed by atoms with Crippen LogP contribution in [-0.4, -0.2) is 41.3 Å². The fourth-order valence-corrected chi connectivity index (χ4v) is 4.86. The van der Waals surface area contributed by atoms with Crippen LogP contribution in [0, 0.1) is 6.92 Å². The number of rotatable bonds is 7. The first-order chi connectivity index (χ1) is 13.8. The van der Waals surface area contributed by atoms with E-state index in [1.807, 2.05) is 35.8 Å². The molecule has 0 aliphatic carbocycles. The Bertz CT molecular complexity index is 1150. The van der Waals surface area contributed by atoms with Crippen molar-refractivity contribution in [2.45, 2.75) is 39.1 Å². The molecule has 0 fully saturated rings. The number of carbonyl (C=O) groups is 1. The summed E-state index contributed by atoms with van der Waals surface area (Å²) in [4.78, 5) is 17.6. The number of para-hydroxylation sites is 2. The highest BCUT2D eigenvalue weighted by atomic mass is 32.2. The third-order valence-electron chi connectivity index (χ3n) is 4.99. The fourth-order valence-electron chi connectivity index (χ4n) is 3.38. The average Bonchev–Trinajstić information content (AvgIpc) is 3.05. The summed E-state index contributed by atoms with van der Waals surface area (Å²) in [5, 5.41) is 2.85. The van der Waals surface area contributed by atoms with Gasteiger partial charge in [-0.05, 0) is 43.7 Å². The molecule has 1 N–H and O–H groups in total. The minimum absolute atomic E-state index is 0.112. The summed E-state index contributed by atoms with van der Waals surface area (Å²) in [6.45, 7) is 8.73. The van der Waals surface area contributed by atoms with Crippen molar-refractivity contribution in [1.82, 2.24) is 13.9 Å². The summed E-state index contributed by atoms with van der Waals surface area (Å²) >= 11 is 0. The van der Waals surface area contributed by atoms with Crippen molar-refractivity contribution < 1.29 is 13.2 Å². The van der Waals surface area contributed by atoms with Gasteiger partial charge in [-0.2, -0.15) is 4.31 Å². The number of fused-ring (bicyclic) bond motifs is 1. The first-order valence-electron chi connectivity index (χ1n) is 9.70. The van der Waals surface area contributed by atoms with Gasteiger partial charge in [0.2, 0.25) is 16.0 Å². The number of aromatic nitrogens is 2. The second-order valence-corrected chi connectivity index (χ2v) is 8.63. The molecule has 0 aliphatic heterocycles. The van der Waals surface area contributed by atoms with Crippen LogP contribution in [0.2, 0.25) is 0 Å². The topological polar surface area (TPSA) is 84.3 Å². The molecule has 29 heavy (non-hydrogen) atoms. The van der Waals surface area contributed by atoms with Crippen molar-refractivity contribution >= 4 is 32.9 Å². The molecule has 7 nitrogen and oxygen atoms in total. The van der Waals surface area contributed by atoms with Crippen molar-refractivity contribution in [2.24, 2.45) is 0 Å². The number of imidazole rings is 1. The molecule has 0 saturated carbocycles. The number of hydrogen-bond acceptors (Lipinski definition) is 4. The van der Waals surface area contributed by atoms with Crippen LogP contribution < -0.4 is 5.32 Å². The van der Waals surface area contributed by atoms with Crippen LogP contribution in [0.3, 0.4) is 0 Å². The van der Waals surface area contributed by atoms with Crippen molar-refractivity contribution in [1.29, 1.82) is 0 Å². The maximum Gasteiger partial charge on any atom is 0.258 e. The summed E-state index contributed by atoms with van der Waals surface area (Å²) in [5.74, 6) is 0.0548. The van der Waals surface area contributed by atoms with Crippen LogP contribution in [0.4, 0.5) is 5.95 Å². The predicted octanol–water partition coefficient (Wildman–Crippen LogP) is 3.65. The molecule has 1 aromatic heterocycles. The Morgan fingerprint density at radius 3 is 2.45 bits per heavy atom. The summed E-state index contributed by atoms with van der Waals surface area (Å²) in [6.07, 6.45) is 0. The number of hydrogen-bond donors (Lipinski definition) is 1. The summed E-state index contributed by atoms with van der Waals surface area (Å²) < 4.78 is 29.0. The molecule has 0 atom stereocenters. The molecule has 3 aromatic rings. The van der Waals surface area contributed by atoms with E-state index in [9.17, 15) is 13.2 Å². The van der Waals surface area contributed by atoms with E-state index >= 15 is 0 Å². The quantitative estimate of drug-likeness (QED) is 0.640. The molecule has 1 amide bonds. The Labute approximate surface area is 171 Å². The van der Waals surface area contributed by atoms with E-state index in [0.717, 1.165) is 11.0 Å². The van der Waals surface area contributed by atoms with Gasteiger partial charge in [-0.3, -0.25) is 10.1 Å². The molecular formula is C21H26N4O3S. The lowest BCUT2D eigenvalue weighted by Gasteiger charge is -2.19. The zero-order valence-corrected chi connectivity index (χ0v) is 18.0. The summed E-state index contributed by atoms with van der Waals surface area (Å²) in [6, 6.07) is 12.3. The van der Waals surface area contributed by atoms with Crippen molar-refractivity contribution in [3.63, 3.8) is 0 Å². The molecule has 2 aromatic carbocycles.